The molecule has 0 N–H and O–H groups in total. The molecule has 0 aliphatic carbocycles. The molecule has 0 unspecified atom stereocenters. The van der Waals surface area contributed by atoms with Crippen LogP contribution in [0.4, 0.5) is 0 Å². The highest BCUT2D eigenvalue weighted by Gasteiger charge is 2.20. The number of carbonyl (C=O) groups is 1. The summed E-state index contributed by atoms with van der Waals surface area (Å²) in [6, 6.07) is 6.93. The second kappa shape index (κ2) is 3.93. The van der Waals surface area contributed by atoms with Crippen molar-refractivity contribution < 1.29 is 9.36 Å². The predicted octanol–water partition coefficient (Wildman–Crippen LogP) is 3.09. The first-order valence-corrected chi connectivity index (χ1v) is 6.87. The van der Waals surface area contributed by atoms with Crippen LogP contribution in [0, 0.1) is 0 Å². The minimum absolute atomic E-state index is 0.270. The highest BCUT2D eigenvalue weighted by Crippen LogP contribution is 2.40. The van der Waals surface area contributed by atoms with Crippen LogP contribution in [-0.4, -0.2) is 18.9 Å². The second-order valence-corrected chi connectivity index (χ2v) is 6.59. The summed E-state index contributed by atoms with van der Waals surface area (Å²) in [6.07, 6.45) is 1.70. The maximum absolute atomic E-state index is 11.6. The molecule has 3 heteroatoms. The maximum Gasteiger partial charge on any atom is 0.220 e. The highest BCUT2D eigenvalue weighted by atomic mass is 31.2. The molecule has 0 radical (unpaired) electrons. The molecule has 0 aliphatic heterocycles. The summed E-state index contributed by atoms with van der Waals surface area (Å²) in [5, 5.41) is 0. The van der Waals surface area contributed by atoms with E-state index < -0.39 is 7.14 Å². The van der Waals surface area contributed by atoms with Crippen molar-refractivity contribution in [2.24, 2.45) is 0 Å². The van der Waals surface area contributed by atoms with Crippen molar-refractivity contribution in [1.82, 2.24) is 0 Å². The zero-order valence-corrected chi connectivity index (χ0v) is 9.25. The molecule has 0 aromatic heterocycles. The van der Waals surface area contributed by atoms with E-state index >= 15 is 0 Å². The fourth-order valence-electron chi connectivity index (χ4n) is 1.07. The van der Waals surface area contributed by atoms with Gasteiger partial charge in [0.05, 0.1) is 0 Å². The Labute approximate surface area is 84.0 Å². The minimum atomic E-state index is -2.67. The Balaban J connectivity index is 3.04. The van der Waals surface area contributed by atoms with Crippen molar-refractivity contribution in [3.05, 3.63) is 42.0 Å². The van der Waals surface area contributed by atoms with Gasteiger partial charge in [-0.05, 0) is 18.9 Å². The number of benzene rings is 1. The molecule has 14 heavy (non-hydrogen) atoms. The van der Waals surface area contributed by atoms with E-state index in [9.17, 15) is 9.36 Å². The van der Waals surface area contributed by atoms with Crippen LogP contribution in [0.25, 0.3) is 6.08 Å². The van der Waals surface area contributed by atoms with E-state index in [2.05, 4.69) is 6.58 Å². The van der Waals surface area contributed by atoms with Crippen molar-refractivity contribution in [3.8, 4) is 0 Å². The Morgan fingerprint density at radius 3 is 2.14 bits per heavy atom. The Kier molecular flexibility index (Phi) is 3.07. The van der Waals surface area contributed by atoms with Crippen molar-refractivity contribution >= 4 is 18.7 Å². The number of carbonyl (C=O) groups excluding carboxylic acids is 1. The van der Waals surface area contributed by atoms with Gasteiger partial charge in [-0.1, -0.05) is 36.9 Å². The van der Waals surface area contributed by atoms with Crippen LogP contribution in [-0.2, 0) is 4.57 Å². The predicted molar refractivity (Wildman–Crippen MR) is 60.3 cm³/mol. The first kappa shape index (κ1) is 10.9. The molecule has 0 aliphatic rings. The Morgan fingerprint density at radius 2 is 1.79 bits per heavy atom. The van der Waals surface area contributed by atoms with Crippen LogP contribution in [0.5, 0.6) is 0 Å². The molecular weight excluding hydrogens is 195 g/mol. The van der Waals surface area contributed by atoms with Gasteiger partial charge in [0.2, 0.25) is 5.52 Å². The zero-order valence-electron chi connectivity index (χ0n) is 8.36. The van der Waals surface area contributed by atoms with Crippen LogP contribution in [0.2, 0.25) is 0 Å². The van der Waals surface area contributed by atoms with Gasteiger partial charge in [0.1, 0.15) is 7.14 Å². The van der Waals surface area contributed by atoms with E-state index in [0.717, 1.165) is 5.56 Å². The molecule has 2 nitrogen and oxygen atoms in total. The Morgan fingerprint density at radius 1 is 1.29 bits per heavy atom. The molecule has 0 fully saturated rings. The maximum atomic E-state index is 11.6. The zero-order chi connectivity index (χ0) is 10.8. The topological polar surface area (TPSA) is 34.1 Å². The van der Waals surface area contributed by atoms with E-state index in [1.807, 2.05) is 0 Å². The summed E-state index contributed by atoms with van der Waals surface area (Å²) in [5.41, 5.74) is 1.18. The van der Waals surface area contributed by atoms with Crippen molar-refractivity contribution in [3.63, 3.8) is 0 Å². The van der Waals surface area contributed by atoms with Gasteiger partial charge in [-0.2, -0.15) is 0 Å². The molecule has 0 spiro atoms. The van der Waals surface area contributed by atoms with Gasteiger partial charge in [-0.25, -0.2) is 0 Å². The average Bonchev–Trinajstić information content (AvgIpc) is 2.15. The van der Waals surface area contributed by atoms with E-state index in [4.69, 9.17) is 0 Å². The summed E-state index contributed by atoms with van der Waals surface area (Å²) >= 11 is 0. The lowest BCUT2D eigenvalue weighted by atomic mass is 10.1. The van der Waals surface area contributed by atoms with E-state index in [1.54, 1.807) is 30.3 Å². The Hall–Kier alpha value is -1.14. The summed E-state index contributed by atoms with van der Waals surface area (Å²) in [5.74, 6) is 0. The smallest absolute Gasteiger partial charge is 0.220 e. The SMILES string of the molecule is C=Cc1ccc(C(=O)P(C)(C)=O)cc1. The van der Waals surface area contributed by atoms with Gasteiger partial charge in [-0.3, -0.25) is 4.79 Å². The number of rotatable bonds is 3. The van der Waals surface area contributed by atoms with Gasteiger partial charge < -0.3 is 4.57 Å². The molecule has 0 saturated carbocycles. The molecule has 74 valence electrons. The molecule has 1 aromatic carbocycles. The molecule has 0 bridgehead atoms. The van der Waals surface area contributed by atoms with Crippen LogP contribution >= 0.6 is 7.14 Å². The van der Waals surface area contributed by atoms with E-state index in [1.165, 1.54) is 13.3 Å². The largest absolute Gasteiger partial charge is 0.316 e. The summed E-state index contributed by atoms with van der Waals surface area (Å²) < 4.78 is 11.5. The average molecular weight is 208 g/mol. The standard InChI is InChI=1S/C11H13O2P/c1-4-9-5-7-10(8-6-9)11(12)14(2,3)13/h4-8H,1H2,2-3H3. The lowest BCUT2D eigenvalue weighted by Gasteiger charge is -2.05. The fraction of sp³-hybridized carbons (Fsp3) is 0.182. The third-order valence-electron chi connectivity index (χ3n) is 1.88. The lowest BCUT2D eigenvalue weighted by Crippen LogP contribution is -1.98. The third kappa shape index (κ3) is 2.43. The van der Waals surface area contributed by atoms with Gasteiger partial charge in [0, 0.05) is 5.56 Å². The van der Waals surface area contributed by atoms with E-state index in [-0.39, 0.29) is 5.52 Å². The first-order valence-electron chi connectivity index (χ1n) is 4.27. The van der Waals surface area contributed by atoms with Crippen LogP contribution in [0.3, 0.4) is 0 Å². The molecular formula is C11H13O2P. The van der Waals surface area contributed by atoms with Gasteiger partial charge in [0.25, 0.3) is 0 Å². The van der Waals surface area contributed by atoms with E-state index in [0.29, 0.717) is 5.56 Å². The second-order valence-electron chi connectivity index (χ2n) is 3.48. The highest BCUT2D eigenvalue weighted by molar-refractivity contribution is 7.79. The fourth-order valence-corrected chi connectivity index (χ4v) is 1.84. The van der Waals surface area contributed by atoms with Crippen LogP contribution in [0.1, 0.15) is 15.9 Å². The molecule has 0 atom stereocenters. The summed E-state index contributed by atoms with van der Waals surface area (Å²) in [6.45, 7) is 6.58. The quantitative estimate of drug-likeness (QED) is 0.715. The van der Waals surface area contributed by atoms with Crippen LogP contribution < -0.4 is 0 Å². The normalized spacial score (nSPS) is 11.0. The summed E-state index contributed by atoms with van der Waals surface area (Å²) in [4.78, 5) is 11.6. The first-order chi connectivity index (χ1) is 6.45. The molecule has 1 aromatic rings. The molecule has 0 heterocycles. The third-order valence-corrected chi connectivity index (χ3v) is 3.12. The van der Waals surface area contributed by atoms with Gasteiger partial charge >= 0.3 is 0 Å². The minimum Gasteiger partial charge on any atom is -0.316 e. The van der Waals surface area contributed by atoms with Crippen molar-refractivity contribution in [1.29, 1.82) is 0 Å². The van der Waals surface area contributed by atoms with Crippen molar-refractivity contribution in [2.45, 2.75) is 0 Å². The van der Waals surface area contributed by atoms with Crippen molar-refractivity contribution in [2.75, 3.05) is 13.3 Å². The molecule has 0 saturated heterocycles. The molecule has 0 amide bonds. The number of hydrogen-bond donors (Lipinski definition) is 0. The summed E-state index contributed by atoms with van der Waals surface area (Å²) in [7, 11) is -2.67. The lowest BCUT2D eigenvalue weighted by molar-refractivity contribution is 0.107. The van der Waals surface area contributed by atoms with Gasteiger partial charge in [0.15, 0.2) is 0 Å². The number of hydrogen-bond acceptors (Lipinski definition) is 2. The Bertz CT molecular complexity index is 398. The monoisotopic (exact) mass is 208 g/mol. The van der Waals surface area contributed by atoms with Crippen LogP contribution in [0.15, 0.2) is 30.8 Å². The molecule has 1 rings (SSSR count). The van der Waals surface area contributed by atoms with Gasteiger partial charge in [-0.15, -0.1) is 0 Å².